The van der Waals surface area contributed by atoms with Crippen LogP contribution in [0.3, 0.4) is 0 Å². The van der Waals surface area contributed by atoms with Gasteiger partial charge in [0.1, 0.15) is 5.82 Å². The average Bonchev–Trinajstić information content (AvgIpc) is 3.14. The summed E-state index contributed by atoms with van der Waals surface area (Å²) in [6, 6.07) is 0. The molecule has 0 atom stereocenters. The van der Waals surface area contributed by atoms with Crippen LogP contribution in [0.5, 0.6) is 0 Å². The average molecular weight is 340 g/mol. The number of fused-ring (bicyclic) bond motifs is 1. The molecule has 0 N–H and O–H groups in total. The number of nitrogens with zero attached hydrogens (tertiary/aromatic N) is 4. The first-order valence-electron chi connectivity index (χ1n) is 8.21. The number of aromatic nitrogens is 2. The molecule has 1 aromatic heterocycles. The maximum absolute atomic E-state index is 12.3. The van der Waals surface area contributed by atoms with Crippen LogP contribution < -0.4 is 0 Å². The first kappa shape index (κ1) is 16.4. The van der Waals surface area contributed by atoms with Gasteiger partial charge in [-0.1, -0.05) is 0 Å². The zero-order chi connectivity index (χ0) is 16.4. The van der Waals surface area contributed by atoms with E-state index in [9.17, 15) is 13.2 Å². The van der Waals surface area contributed by atoms with Crippen LogP contribution in [0.25, 0.3) is 0 Å². The number of carbonyl (C=O) groups excluding carboxylic acids is 1. The lowest BCUT2D eigenvalue weighted by Crippen LogP contribution is -2.41. The molecular formula is C15H24N4O3S. The van der Waals surface area contributed by atoms with Crippen LogP contribution >= 0.6 is 0 Å². The highest BCUT2D eigenvalue weighted by Crippen LogP contribution is 2.17. The van der Waals surface area contributed by atoms with E-state index < -0.39 is 10.0 Å². The largest absolute Gasteiger partial charge is 0.342 e. The summed E-state index contributed by atoms with van der Waals surface area (Å²) >= 11 is 0. The van der Waals surface area contributed by atoms with Gasteiger partial charge in [-0.05, 0) is 25.7 Å². The molecule has 2 aliphatic rings. The van der Waals surface area contributed by atoms with Crippen LogP contribution in [-0.4, -0.2) is 59.0 Å². The van der Waals surface area contributed by atoms with Gasteiger partial charge < -0.3 is 9.47 Å². The number of hydrogen-bond donors (Lipinski definition) is 0. The molecule has 1 amide bonds. The Morgan fingerprint density at radius 3 is 2.57 bits per heavy atom. The predicted molar refractivity (Wildman–Crippen MR) is 86.2 cm³/mol. The van der Waals surface area contributed by atoms with Crippen LogP contribution in [0.1, 0.15) is 37.2 Å². The molecule has 0 aliphatic carbocycles. The van der Waals surface area contributed by atoms with Gasteiger partial charge in [-0.25, -0.2) is 13.4 Å². The first-order valence-corrected chi connectivity index (χ1v) is 10.1. The first-order chi connectivity index (χ1) is 10.9. The van der Waals surface area contributed by atoms with E-state index in [1.807, 2.05) is 6.20 Å². The zero-order valence-corrected chi connectivity index (χ0v) is 14.4. The summed E-state index contributed by atoms with van der Waals surface area (Å²) in [6.45, 7) is 2.47. The van der Waals surface area contributed by atoms with Crippen molar-refractivity contribution in [2.75, 3.05) is 25.9 Å². The molecule has 0 unspecified atom stereocenters. The fraction of sp³-hybridized carbons (Fsp3) is 0.733. The van der Waals surface area contributed by atoms with Crippen molar-refractivity contribution in [3.8, 4) is 0 Å². The minimum Gasteiger partial charge on any atom is -0.342 e. The molecule has 8 heteroatoms. The quantitative estimate of drug-likeness (QED) is 0.787. The Morgan fingerprint density at radius 1 is 1.22 bits per heavy atom. The number of aryl methyl sites for hydroxylation is 2. The molecule has 0 aromatic carbocycles. The number of sulfonamides is 1. The highest BCUT2D eigenvalue weighted by Gasteiger charge is 2.26. The second-order valence-corrected chi connectivity index (χ2v) is 8.40. The predicted octanol–water partition coefficient (Wildman–Crippen LogP) is 0.603. The summed E-state index contributed by atoms with van der Waals surface area (Å²) in [5.41, 5.74) is 0.724. The van der Waals surface area contributed by atoms with Crippen LogP contribution in [0.4, 0.5) is 0 Å². The summed E-state index contributed by atoms with van der Waals surface area (Å²) < 4.78 is 27.4. The van der Waals surface area contributed by atoms with Crippen molar-refractivity contribution in [1.82, 2.24) is 18.8 Å². The SMILES string of the molecule is CS(=O)(=O)N(CC(=O)N1CCCC1)Cc1cn2c(n1)CCCC2. The van der Waals surface area contributed by atoms with E-state index in [-0.39, 0.29) is 19.0 Å². The van der Waals surface area contributed by atoms with Gasteiger partial charge in [0.05, 0.1) is 25.0 Å². The van der Waals surface area contributed by atoms with Crippen LogP contribution in [0.15, 0.2) is 6.20 Å². The number of amides is 1. The second-order valence-electron chi connectivity index (χ2n) is 6.42. The Hall–Kier alpha value is -1.41. The minimum absolute atomic E-state index is 0.0962. The number of likely N-dealkylation sites (tertiary alicyclic amines) is 1. The van der Waals surface area contributed by atoms with Gasteiger partial charge in [-0.2, -0.15) is 4.31 Å². The van der Waals surface area contributed by atoms with Gasteiger partial charge >= 0.3 is 0 Å². The molecule has 0 bridgehead atoms. The van der Waals surface area contributed by atoms with Crippen LogP contribution in [0.2, 0.25) is 0 Å². The molecule has 1 saturated heterocycles. The van der Waals surface area contributed by atoms with Crippen molar-refractivity contribution in [2.45, 2.75) is 45.2 Å². The Balaban J connectivity index is 1.71. The monoisotopic (exact) mass is 340 g/mol. The molecule has 3 rings (SSSR count). The van der Waals surface area contributed by atoms with Gasteiger partial charge in [-0.15, -0.1) is 0 Å². The highest BCUT2D eigenvalue weighted by molar-refractivity contribution is 7.88. The van der Waals surface area contributed by atoms with Crippen molar-refractivity contribution < 1.29 is 13.2 Å². The summed E-state index contributed by atoms with van der Waals surface area (Å²) in [6.07, 6.45) is 8.27. The van der Waals surface area contributed by atoms with Crippen LogP contribution in [-0.2, 0) is 34.3 Å². The normalized spacial score (nSPS) is 18.4. The highest BCUT2D eigenvalue weighted by atomic mass is 32.2. The molecule has 3 heterocycles. The van der Waals surface area contributed by atoms with Gasteiger partial charge in [0.15, 0.2) is 0 Å². The van der Waals surface area contributed by atoms with Crippen molar-refractivity contribution in [3.05, 3.63) is 17.7 Å². The maximum Gasteiger partial charge on any atom is 0.237 e. The lowest BCUT2D eigenvalue weighted by atomic mass is 10.2. The molecule has 1 aromatic rings. The van der Waals surface area contributed by atoms with E-state index in [2.05, 4.69) is 9.55 Å². The standard InChI is InChI=1S/C15H24N4O3S/c1-23(21,22)19(12-15(20)17-7-4-5-8-17)11-13-10-18-9-3-2-6-14(18)16-13/h10H,2-9,11-12H2,1H3. The number of carbonyl (C=O) groups is 1. The minimum atomic E-state index is -3.45. The van der Waals surface area contributed by atoms with Gasteiger partial charge in [0, 0.05) is 32.3 Å². The molecule has 0 spiro atoms. The summed E-state index contributed by atoms with van der Waals surface area (Å²) in [7, 11) is -3.45. The zero-order valence-electron chi connectivity index (χ0n) is 13.6. The molecule has 2 aliphatic heterocycles. The molecule has 128 valence electrons. The molecule has 0 radical (unpaired) electrons. The topological polar surface area (TPSA) is 75.5 Å². The molecule has 7 nitrogen and oxygen atoms in total. The lowest BCUT2D eigenvalue weighted by Gasteiger charge is -2.22. The smallest absolute Gasteiger partial charge is 0.237 e. The molecular weight excluding hydrogens is 316 g/mol. The van der Waals surface area contributed by atoms with Crippen molar-refractivity contribution in [2.24, 2.45) is 0 Å². The van der Waals surface area contributed by atoms with E-state index in [1.54, 1.807) is 4.90 Å². The van der Waals surface area contributed by atoms with Crippen molar-refractivity contribution in [1.29, 1.82) is 0 Å². The summed E-state index contributed by atoms with van der Waals surface area (Å²) in [5, 5.41) is 0. The van der Waals surface area contributed by atoms with Crippen molar-refractivity contribution in [3.63, 3.8) is 0 Å². The van der Waals surface area contributed by atoms with Gasteiger partial charge in [0.25, 0.3) is 0 Å². The Bertz CT molecular complexity index is 653. The second kappa shape index (κ2) is 6.60. The Morgan fingerprint density at radius 2 is 1.91 bits per heavy atom. The van der Waals surface area contributed by atoms with Crippen molar-refractivity contribution >= 4 is 15.9 Å². The van der Waals surface area contributed by atoms with E-state index in [0.717, 1.165) is 69.5 Å². The molecule has 23 heavy (non-hydrogen) atoms. The lowest BCUT2D eigenvalue weighted by molar-refractivity contribution is -0.130. The Labute approximate surface area is 137 Å². The summed E-state index contributed by atoms with van der Waals surface area (Å²) in [4.78, 5) is 18.6. The van der Waals surface area contributed by atoms with Gasteiger partial charge in [0.2, 0.25) is 15.9 Å². The van der Waals surface area contributed by atoms with E-state index >= 15 is 0 Å². The third-order valence-corrected chi connectivity index (χ3v) is 5.73. The summed E-state index contributed by atoms with van der Waals surface area (Å²) in [5.74, 6) is 0.905. The number of imidazole rings is 1. The van der Waals surface area contributed by atoms with Crippen LogP contribution in [0, 0.1) is 0 Å². The van der Waals surface area contributed by atoms with E-state index in [0.29, 0.717) is 0 Å². The number of rotatable bonds is 5. The van der Waals surface area contributed by atoms with E-state index in [4.69, 9.17) is 0 Å². The van der Waals surface area contributed by atoms with Gasteiger partial charge in [-0.3, -0.25) is 4.79 Å². The third-order valence-electron chi connectivity index (χ3n) is 4.54. The molecule has 0 saturated carbocycles. The number of hydrogen-bond acceptors (Lipinski definition) is 4. The Kier molecular flexibility index (Phi) is 4.72. The van der Waals surface area contributed by atoms with E-state index in [1.165, 1.54) is 4.31 Å². The third kappa shape index (κ3) is 3.92. The molecule has 1 fully saturated rings. The maximum atomic E-state index is 12.3. The fourth-order valence-corrected chi connectivity index (χ4v) is 3.95. The fourth-order valence-electron chi connectivity index (χ4n) is 3.24.